The van der Waals surface area contributed by atoms with E-state index in [1.165, 1.54) is 0 Å². The topological polar surface area (TPSA) is 99.3 Å². The second-order valence-electron chi connectivity index (χ2n) is 5.98. The Balaban J connectivity index is 1.51. The summed E-state index contributed by atoms with van der Waals surface area (Å²) in [5.41, 5.74) is 3.68. The number of H-pyrrole nitrogens is 2. The van der Waals surface area contributed by atoms with Gasteiger partial charge in [-0.15, -0.1) is 0 Å². The lowest BCUT2D eigenvalue weighted by Crippen LogP contribution is -2.19. The van der Waals surface area contributed by atoms with Crippen LogP contribution in [0.15, 0.2) is 41.8 Å². The molecule has 3 N–H and O–H groups in total. The summed E-state index contributed by atoms with van der Waals surface area (Å²) >= 11 is 1.78. The average Bonchev–Trinajstić information content (AvgIpc) is 3.07. The quantitative estimate of drug-likeness (QED) is 0.527. The zero-order valence-electron chi connectivity index (χ0n) is 14.8. The van der Waals surface area contributed by atoms with Gasteiger partial charge in [0.1, 0.15) is 0 Å². The summed E-state index contributed by atoms with van der Waals surface area (Å²) in [7, 11) is 0. The second-order valence-corrected chi connectivity index (χ2v) is 7.08. The van der Waals surface area contributed by atoms with Gasteiger partial charge >= 0.3 is 0 Å². The molecule has 3 heterocycles. The molecule has 0 aliphatic carbocycles. The predicted molar refractivity (Wildman–Crippen MR) is 105 cm³/mol. The first-order valence-corrected chi connectivity index (χ1v) is 9.60. The molecule has 0 radical (unpaired) electrons. The van der Waals surface area contributed by atoms with Gasteiger partial charge in [-0.1, -0.05) is 13.0 Å². The van der Waals surface area contributed by atoms with Gasteiger partial charge in [-0.05, 0) is 18.6 Å². The zero-order valence-corrected chi connectivity index (χ0v) is 15.6. The van der Waals surface area contributed by atoms with Gasteiger partial charge in [0, 0.05) is 53.8 Å². The van der Waals surface area contributed by atoms with E-state index in [4.69, 9.17) is 0 Å². The lowest BCUT2D eigenvalue weighted by molar-refractivity contribution is 0.867. The third-order valence-corrected chi connectivity index (χ3v) is 5.16. The molecule has 0 bridgehead atoms. The molecule has 8 heteroatoms. The molecule has 0 aliphatic heterocycles. The standard InChI is InChI=1S/C18H22N6OS/c1-12(14-4-3-5-19-8-14)15-9-21-18(24-17(15)25)20-6-7-26-10-16-13(2)22-11-23-16/h3-5,8-9,11-12H,6-7,10H2,1-2H3,(H,22,23)(H2,20,21,24,25). The van der Waals surface area contributed by atoms with E-state index in [1.54, 1.807) is 36.7 Å². The number of pyridine rings is 1. The first-order chi connectivity index (χ1) is 12.6. The number of hydrogen-bond donors (Lipinski definition) is 3. The molecule has 0 spiro atoms. The van der Waals surface area contributed by atoms with E-state index >= 15 is 0 Å². The smallest absolute Gasteiger partial charge is 0.256 e. The minimum absolute atomic E-state index is 0.0540. The van der Waals surface area contributed by atoms with Crippen molar-refractivity contribution in [3.63, 3.8) is 0 Å². The van der Waals surface area contributed by atoms with E-state index in [0.717, 1.165) is 28.5 Å². The Morgan fingerprint density at radius 3 is 2.88 bits per heavy atom. The summed E-state index contributed by atoms with van der Waals surface area (Å²) in [5.74, 6) is 2.20. The minimum Gasteiger partial charge on any atom is -0.355 e. The molecule has 3 aromatic heterocycles. The number of aromatic nitrogens is 5. The van der Waals surface area contributed by atoms with Gasteiger partial charge in [-0.3, -0.25) is 14.8 Å². The monoisotopic (exact) mass is 370 g/mol. The highest BCUT2D eigenvalue weighted by atomic mass is 32.2. The molecular formula is C18H22N6OS. The maximum atomic E-state index is 12.4. The Morgan fingerprint density at radius 1 is 1.31 bits per heavy atom. The first-order valence-electron chi connectivity index (χ1n) is 8.44. The molecular weight excluding hydrogens is 348 g/mol. The second kappa shape index (κ2) is 8.66. The van der Waals surface area contributed by atoms with Crippen molar-refractivity contribution in [1.82, 2.24) is 24.9 Å². The van der Waals surface area contributed by atoms with Crippen LogP contribution in [0, 0.1) is 6.92 Å². The SMILES string of the molecule is Cc1[nH]cnc1CSCCNc1ncc(C(C)c2cccnc2)c(=O)[nH]1. The number of aryl methyl sites for hydroxylation is 1. The lowest BCUT2D eigenvalue weighted by Gasteiger charge is -2.11. The van der Waals surface area contributed by atoms with E-state index in [1.807, 2.05) is 26.0 Å². The molecule has 3 rings (SSSR count). The number of aromatic amines is 2. The van der Waals surface area contributed by atoms with Crippen molar-refractivity contribution in [3.05, 3.63) is 69.9 Å². The first kappa shape index (κ1) is 18.2. The van der Waals surface area contributed by atoms with Gasteiger partial charge in [0.05, 0.1) is 12.0 Å². The highest BCUT2D eigenvalue weighted by molar-refractivity contribution is 7.98. The van der Waals surface area contributed by atoms with Crippen molar-refractivity contribution in [2.75, 3.05) is 17.6 Å². The normalized spacial score (nSPS) is 12.1. The molecule has 7 nitrogen and oxygen atoms in total. The van der Waals surface area contributed by atoms with Crippen LogP contribution in [0.1, 0.15) is 35.4 Å². The van der Waals surface area contributed by atoms with Crippen LogP contribution in [0.25, 0.3) is 0 Å². The van der Waals surface area contributed by atoms with Gasteiger partial charge in [0.15, 0.2) is 0 Å². The molecule has 1 unspecified atom stereocenters. The fourth-order valence-corrected chi connectivity index (χ4v) is 3.43. The van der Waals surface area contributed by atoms with E-state index in [0.29, 0.717) is 18.1 Å². The highest BCUT2D eigenvalue weighted by Gasteiger charge is 2.13. The van der Waals surface area contributed by atoms with Crippen molar-refractivity contribution < 1.29 is 0 Å². The van der Waals surface area contributed by atoms with Crippen LogP contribution in [-0.4, -0.2) is 37.2 Å². The number of imidazole rings is 1. The fraction of sp³-hybridized carbons (Fsp3) is 0.333. The van der Waals surface area contributed by atoms with Crippen molar-refractivity contribution >= 4 is 17.7 Å². The number of rotatable bonds is 8. The third-order valence-electron chi connectivity index (χ3n) is 4.19. The largest absolute Gasteiger partial charge is 0.355 e. The third kappa shape index (κ3) is 4.51. The fourth-order valence-electron chi connectivity index (χ4n) is 2.56. The Labute approximate surface area is 156 Å². The number of hydrogen-bond acceptors (Lipinski definition) is 6. The van der Waals surface area contributed by atoms with Crippen LogP contribution in [0.3, 0.4) is 0 Å². The Kier molecular flexibility index (Phi) is 6.06. The van der Waals surface area contributed by atoms with E-state index in [9.17, 15) is 4.79 Å². The van der Waals surface area contributed by atoms with Crippen LogP contribution in [-0.2, 0) is 5.75 Å². The van der Waals surface area contributed by atoms with Crippen molar-refractivity contribution in [2.24, 2.45) is 0 Å². The summed E-state index contributed by atoms with van der Waals surface area (Å²) in [4.78, 5) is 31.0. The van der Waals surface area contributed by atoms with Crippen molar-refractivity contribution in [1.29, 1.82) is 0 Å². The van der Waals surface area contributed by atoms with Gasteiger partial charge in [-0.25, -0.2) is 9.97 Å². The van der Waals surface area contributed by atoms with Crippen LogP contribution in [0.4, 0.5) is 5.95 Å². The Hall–Kier alpha value is -2.61. The Bertz CT molecular complexity index is 892. The molecule has 0 saturated carbocycles. The molecule has 3 aromatic rings. The maximum absolute atomic E-state index is 12.4. The molecule has 0 amide bonds. The predicted octanol–water partition coefficient (Wildman–Crippen LogP) is 2.69. The highest BCUT2D eigenvalue weighted by Crippen LogP contribution is 2.19. The van der Waals surface area contributed by atoms with Crippen molar-refractivity contribution in [3.8, 4) is 0 Å². The average molecular weight is 370 g/mol. The number of nitrogens with zero attached hydrogens (tertiary/aromatic N) is 3. The molecule has 0 saturated heterocycles. The molecule has 136 valence electrons. The van der Waals surface area contributed by atoms with E-state index in [2.05, 4.69) is 30.2 Å². The number of thioether (sulfide) groups is 1. The molecule has 0 aromatic carbocycles. The zero-order chi connectivity index (χ0) is 18.4. The molecule has 1 atom stereocenters. The molecule has 26 heavy (non-hydrogen) atoms. The summed E-state index contributed by atoms with van der Waals surface area (Å²) in [6.45, 7) is 4.71. The lowest BCUT2D eigenvalue weighted by atomic mass is 9.97. The summed E-state index contributed by atoms with van der Waals surface area (Å²) in [6.07, 6.45) is 6.84. The van der Waals surface area contributed by atoms with Gasteiger partial charge in [0.25, 0.3) is 5.56 Å². The summed E-state index contributed by atoms with van der Waals surface area (Å²) in [5, 5.41) is 3.16. The van der Waals surface area contributed by atoms with Gasteiger partial charge in [-0.2, -0.15) is 11.8 Å². The van der Waals surface area contributed by atoms with Crippen LogP contribution >= 0.6 is 11.8 Å². The number of nitrogens with one attached hydrogen (secondary N) is 3. The van der Waals surface area contributed by atoms with Crippen LogP contribution in [0.5, 0.6) is 0 Å². The molecule has 0 aliphatic rings. The van der Waals surface area contributed by atoms with Crippen LogP contribution < -0.4 is 10.9 Å². The van der Waals surface area contributed by atoms with Gasteiger partial charge < -0.3 is 10.3 Å². The van der Waals surface area contributed by atoms with E-state index < -0.39 is 0 Å². The minimum atomic E-state index is -0.126. The van der Waals surface area contributed by atoms with Crippen molar-refractivity contribution in [2.45, 2.75) is 25.5 Å². The Morgan fingerprint density at radius 2 is 2.19 bits per heavy atom. The number of anilines is 1. The molecule has 0 fully saturated rings. The maximum Gasteiger partial charge on any atom is 0.256 e. The van der Waals surface area contributed by atoms with E-state index in [-0.39, 0.29) is 11.5 Å². The summed E-state index contributed by atoms with van der Waals surface area (Å²) in [6, 6.07) is 3.83. The summed E-state index contributed by atoms with van der Waals surface area (Å²) < 4.78 is 0. The van der Waals surface area contributed by atoms with Gasteiger partial charge in [0.2, 0.25) is 5.95 Å². The van der Waals surface area contributed by atoms with Crippen LogP contribution in [0.2, 0.25) is 0 Å².